The molecule has 0 aliphatic carbocycles. The molecule has 1 heterocycles. The van der Waals surface area contributed by atoms with E-state index in [4.69, 9.17) is 9.47 Å². The lowest BCUT2D eigenvalue weighted by molar-refractivity contribution is 0.0779. The van der Waals surface area contributed by atoms with E-state index in [1.165, 1.54) is 0 Å². The van der Waals surface area contributed by atoms with E-state index in [-0.39, 0.29) is 5.91 Å². The lowest BCUT2D eigenvalue weighted by Crippen LogP contribution is -2.26. The molecule has 5 heteroatoms. The summed E-state index contributed by atoms with van der Waals surface area (Å²) in [5.41, 5.74) is 2.45. The maximum atomic E-state index is 12.7. The normalized spacial score (nSPS) is 10.6. The fourth-order valence-electron chi connectivity index (χ4n) is 2.70. The molecule has 0 bridgehead atoms. The molecule has 1 amide bonds. The SMILES string of the molecule is COc1ccc(CN(C)C(=O)c2cc3ccccc3[nH]2)c(OC)c1. The van der Waals surface area contributed by atoms with Crippen molar-refractivity contribution in [3.8, 4) is 11.5 Å². The number of carbonyl (C=O) groups excluding carboxylic acids is 1. The Morgan fingerprint density at radius 3 is 2.58 bits per heavy atom. The first-order valence-corrected chi connectivity index (χ1v) is 7.66. The zero-order valence-corrected chi connectivity index (χ0v) is 14.0. The number of ether oxygens (including phenoxy) is 2. The van der Waals surface area contributed by atoms with Crippen LogP contribution in [0.3, 0.4) is 0 Å². The van der Waals surface area contributed by atoms with E-state index in [0.29, 0.717) is 18.0 Å². The topological polar surface area (TPSA) is 54.6 Å². The van der Waals surface area contributed by atoms with Gasteiger partial charge >= 0.3 is 0 Å². The van der Waals surface area contributed by atoms with E-state index in [1.54, 1.807) is 26.2 Å². The molecule has 5 nitrogen and oxygen atoms in total. The van der Waals surface area contributed by atoms with Crippen LogP contribution in [-0.2, 0) is 6.54 Å². The molecule has 3 aromatic rings. The summed E-state index contributed by atoms with van der Waals surface area (Å²) in [7, 11) is 5.00. The number of benzene rings is 2. The maximum absolute atomic E-state index is 12.7. The Morgan fingerprint density at radius 2 is 1.88 bits per heavy atom. The Hall–Kier alpha value is -2.95. The molecule has 0 saturated heterocycles. The van der Waals surface area contributed by atoms with E-state index >= 15 is 0 Å². The average Bonchev–Trinajstić information content (AvgIpc) is 3.05. The first-order chi connectivity index (χ1) is 11.6. The van der Waals surface area contributed by atoms with Crippen LogP contribution in [0.25, 0.3) is 10.9 Å². The van der Waals surface area contributed by atoms with Crippen LogP contribution in [0.4, 0.5) is 0 Å². The third-order valence-corrected chi connectivity index (χ3v) is 4.01. The molecule has 124 valence electrons. The fourth-order valence-corrected chi connectivity index (χ4v) is 2.70. The van der Waals surface area contributed by atoms with Gasteiger partial charge in [-0.3, -0.25) is 4.79 Å². The van der Waals surface area contributed by atoms with Gasteiger partial charge in [0, 0.05) is 36.1 Å². The van der Waals surface area contributed by atoms with E-state index in [9.17, 15) is 4.79 Å². The molecule has 0 aliphatic rings. The van der Waals surface area contributed by atoms with Crippen LogP contribution in [0.5, 0.6) is 11.5 Å². The van der Waals surface area contributed by atoms with Gasteiger partial charge in [0.05, 0.1) is 14.2 Å². The summed E-state index contributed by atoms with van der Waals surface area (Å²) >= 11 is 0. The summed E-state index contributed by atoms with van der Waals surface area (Å²) in [5.74, 6) is 1.36. The van der Waals surface area contributed by atoms with Crippen LogP contribution < -0.4 is 9.47 Å². The molecule has 0 saturated carbocycles. The molecular weight excluding hydrogens is 304 g/mol. The van der Waals surface area contributed by atoms with Crippen LogP contribution in [0.1, 0.15) is 16.1 Å². The van der Waals surface area contributed by atoms with Crippen LogP contribution >= 0.6 is 0 Å². The van der Waals surface area contributed by atoms with Crippen molar-refractivity contribution in [2.75, 3.05) is 21.3 Å². The number of carbonyl (C=O) groups is 1. The van der Waals surface area contributed by atoms with Crippen molar-refractivity contribution in [1.82, 2.24) is 9.88 Å². The minimum Gasteiger partial charge on any atom is -0.497 e. The van der Waals surface area contributed by atoms with Crippen molar-refractivity contribution in [2.24, 2.45) is 0 Å². The minimum atomic E-state index is -0.0657. The molecule has 3 rings (SSSR count). The van der Waals surface area contributed by atoms with E-state index < -0.39 is 0 Å². The molecule has 0 atom stereocenters. The van der Waals surface area contributed by atoms with E-state index in [2.05, 4.69) is 4.98 Å². The van der Waals surface area contributed by atoms with Crippen molar-refractivity contribution in [2.45, 2.75) is 6.54 Å². The first kappa shape index (κ1) is 15.9. The molecule has 0 radical (unpaired) electrons. The summed E-state index contributed by atoms with van der Waals surface area (Å²) in [6.45, 7) is 0.446. The number of methoxy groups -OCH3 is 2. The van der Waals surface area contributed by atoms with Crippen LogP contribution in [0.15, 0.2) is 48.5 Å². The van der Waals surface area contributed by atoms with Crippen molar-refractivity contribution >= 4 is 16.8 Å². The van der Waals surface area contributed by atoms with Gasteiger partial charge in [0.1, 0.15) is 17.2 Å². The number of nitrogens with one attached hydrogen (secondary N) is 1. The lowest BCUT2D eigenvalue weighted by Gasteiger charge is -2.18. The first-order valence-electron chi connectivity index (χ1n) is 7.66. The molecule has 2 aromatic carbocycles. The zero-order valence-electron chi connectivity index (χ0n) is 14.0. The van der Waals surface area contributed by atoms with Crippen LogP contribution in [-0.4, -0.2) is 37.1 Å². The summed E-state index contributed by atoms with van der Waals surface area (Å²) < 4.78 is 10.6. The zero-order chi connectivity index (χ0) is 17.1. The second-order valence-electron chi connectivity index (χ2n) is 5.61. The number of rotatable bonds is 5. The van der Waals surface area contributed by atoms with Gasteiger partial charge < -0.3 is 19.4 Å². The molecule has 0 spiro atoms. The van der Waals surface area contributed by atoms with Gasteiger partial charge in [-0.15, -0.1) is 0 Å². The molecule has 0 unspecified atom stereocenters. The second kappa shape index (κ2) is 6.66. The number of H-pyrrole nitrogens is 1. The van der Waals surface area contributed by atoms with E-state index in [1.807, 2.05) is 48.5 Å². The van der Waals surface area contributed by atoms with E-state index in [0.717, 1.165) is 22.2 Å². The van der Waals surface area contributed by atoms with Crippen molar-refractivity contribution in [3.05, 3.63) is 59.8 Å². The highest BCUT2D eigenvalue weighted by molar-refractivity contribution is 5.97. The highest BCUT2D eigenvalue weighted by Crippen LogP contribution is 2.26. The minimum absolute atomic E-state index is 0.0657. The average molecular weight is 324 g/mol. The van der Waals surface area contributed by atoms with Gasteiger partial charge in [0.25, 0.3) is 5.91 Å². The van der Waals surface area contributed by atoms with Gasteiger partial charge in [-0.1, -0.05) is 18.2 Å². The molecule has 0 aliphatic heterocycles. The number of amides is 1. The summed E-state index contributed by atoms with van der Waals surface area (Å²) in [6.07, 6.45) is 0. The van der Waals surface area contributed by atoms with Gasteiger partial charge in [-0.2, -0.15) is 0 Å². The number of aromatic nitrogens is 1. The fraction of sp³-hybridized carbons (Fsp3) is 0.211. The van der Waals surface area contributed by atoms with Crippen LogP contribution in [0.2, 0.25) is 0 Å². The third kappa shape index (κ3) is 3.06. The number of hydrogen-bond donors (Lipinski definition) is 1. The Balaban J connectivity index is 1.81. The molecule has 24 heavy (non-hydrogen) atoms. The number of nitrogens with zero attached hydrogens (tertiary/aromatic N) is 1. The van der Waals surface area contributed by atoms with Crippen molar-refractivity contribution < 1.29 is 14.3 Å². The lowest BCUT2D eigenvalue weighted by atomic mass is 10.1. The van der Waals surface area contributed by atoms with Crippen molar-refractivity contribution in [1.29, 1.82) is 0 Å². The van der Waals surface area contributed by atoms with Crippen molar-refractivity contribution in [3.63, 3.8) is 0 Å². The third-order valence-electron chi connectivity index (χ3n) is 4.01. The quantitative estimate of drug-likeness (QED) is 0.782. The number of fused-ring (bicyclic) bond motifs is 1. The monoisotopic (exact) mass is 324 g/mol. The van der Waals surface area contributed by atoms with Gasteiger partial charge in [-0.25, -0.2) is 0 Å². The Kier molecular flexibility index (Phi) is 4.42. The van der Waals surface area contributed by atoms with Gasteiger partial charge in [-0.05, 0) is 24.3 Å². The highest BCUT2D eigenvalue weighted by Gasteiger charge is 2.16. The molecular formula is C19H20N2O3. The largest absolute Gasteiger partial charge is 0.497 e. The number of aromatic amines is 1. The standard InChI is InChI=1S/C19H20N2O3/c1-21(12-14-8-9-15(23-2)11-18(14)24-3)19(22)17-10-13-6-4-5-7-16(13)20-17/h4-11,20H,12H2,1-3H3. The van der Waals surface area contributed by atoms with Gasteiger partial charge in [0.15, 0.2) is 0 Å². The molecule has 1 aromatic heterocycles. The number of hydrogen-bond acceptors (Lipinski definition) is 3. The maximum Gasteiger partial charge on any atom is 0.270 e. The summed E-state index contributed by atoms with van der Waals surface area (Å²) in [5, 5.41) is 1.02. The number of para-hydroxylation sites is 1. The predicted octanol–water partition coefficient (Wildman–Crippen LogP) is 3.46. The Labute approximate surface area is 140 Å². The Bertz CT molecular complexity index is 837. The molecule has 1 N–H and O–H groups in total. The Morgan fingerprint density at radius 1 is 1.08 bits per heavy atom. The predicted molar refractivity (Wildman–Crippen MR) is 93.6 cm³/mol. The van der Waals surface area contributed by atoms with Gasteiger partial charge in [0.2, 0.25) is 0 Å². The second-order valence-corrected chi connectivity index (χ2v) is 5.61. The smallest absolute Gasteiger partial charge is 0.270 e. The highest BCUT2D eigenvalue weighted by atomic mass is 16.5. The molecule has 0 fully saturated rings. The summed E-state index contributed by atoms with van der Waals surface area (Å²) in [4.78, 5) is 17.5. The van der Waals surface area contributed by atoms with Crippen LogP contribution in [0, 0.1) is 0 Å². The summed E-state index contributed by atoms with van der Waals surface area (Å²) in [6, 6.07) is 15.3.